The lowest BCUT2D eigenvalue weighted by molar-refractivity contribution is -0.384. The fourth-order valence-electron chi connectivity index (χ4n) is 4.46. The standard InChI is InChI=1S/C26H28N4O4/c1-3-13-28(26(32)21-6-4-7-22(17-21)30(33)34)18-24(31)29-16-15-27-14-5-8-23(27)25(29)20-11-9-19(2)10-12-20/h4-12,14,17,25H,3,13,15-16,18H2,1-2H3/t25-/m1/s1. The summed E-state index contributed by atoms with van der Waals surface area (Å²) in [5.74, 6) is -0.531. The van der Waals surface area contributed by atoms with E-state index in [2.05, 4.69) is 4.57 Å². The van der Waals surface area contributed by atoms with Gasteiger partial charge in [-0.15, -0.1) is 0 Å². The summed E-state index contributed by atoms with van der Waals surface area (Å²) in [7, 11) is 0. The number of fused-ring (bicyclic) bond motifs is 1. The Morgan fingerprint density at radius 2 is 1.85 bits per heavy atom. The molecule has 2 amide bonds. The number of nitrogens with zero attached hydrogens (tertiary/aromatic N) is 4. The molecule has 0 unspecified atom stereocenters. The van der Waals surface area contributed by atoms with Crippen molar-refractivity contribution in [3.63, 3.8) is 0 Å². The van der Waals surface area contributed by atoms with Crippen LogP contribution in [0.5, 0.6) is 0 Å². The van der Waals surface area contributed by atoms with Crippen molar-refractivity contribution >= 4 is 17.5 Å². The van der Waals surface area contributed by atoms with Crippen LogP contribution in [0.1, 0.15) is 46.6 Å². The summed E-state index contributed by atoms with van der Waals surface area (Å²) in [5, 5.41) is 11.1. The average Bonchev–Trinajstić information content (AvgIpc) is 3.32. The third-order valence-electron chi connectivity index (χ3n) is 6.16. The SMILES string of the molecule is CCCN(CC(=O)N1CCn2cccc2[C@H]1c1ccc(C)cc1)C(=O)c1cccc([N+](=O)[O-])c1. The monoisotopic (exact) mass is 460 g/mol. The van der Waals surface area contributed by atoms with Crippen molar-refractivity contribution in [1.29, 1.82) is 0 Å². The van der Waals surface area contributed by atoms with Gasteiger partial charge in [-0.05, 0) is 37.1 Å². The van der Waals surface area contributed by atoms with Crippen molar-refractivity contribution in [2.24, 2.45) is 0 Å². The van der Waals surface area contributed by atoms with Gasteiger partial charge in [0.05, 0.1) is 11.0 Å². The Morgan fingerprint density at radius 1 is 1.09 bits per heavy atom. The van der Waals surface area contributed by atoms with E-state index >= 15 is 0 Å². The number of benzene rings is 2. The highest BCUT2D eigenvalue weighted by molar-refractivity contribution is 5.97. The zero-order chi connectivity index (χ0) is 24.2. The maximum atomic E-state index is 13.6. The second-order valence-corrected chi connectivity index (χ2v) is 8.56. The summed E-state index contributed by atoms with van der Waals surface area (Å²) >= 11 is 0. The van der Waals surface area contributed by atoms with Gasteiger partial charge >= 0.3 is 0 Å². The molecule has 0 saturated heterocycles. The Balaban J connectivity index is 1.60. The second-order valence-electron chi connectivity index (χ2n) is 8.56. The number of hydrogen-bond acceptors (Lipinski definition) is 4. The Morgan fingerprint density at radius 3 is 2.56 bits per heavy atom. The normalized spacial score (nSPS) is 15.0. The number of nitro groups is 1. The molecule has 0 aliphatic carbocycles. The fraction of sp³-hybridized carbons (Fsp3) is 0.308. The van der Waals surface area contributed by atoms with Crippen molar-refractivity contribution in [3.8, 4) is 0 Å². The van der Waals surface area contributed by atoms with E-state index in [1.165, 1.54) is 23.1 Å². The van der Waals surface area contributed by atoms with E-state index in [-0.39, 0.29) is 35.7 Å². The lowest BCUT2D eigenvalue weighted by atomic mass is 9.98. The molecule has 2 aromatic carbocycles. The van der Waals surface area contributed by atoms with Gasteiger partial charge in [-0.2, -0.15) is 0 Å². The molecule has 0 bridgehead atoms. The molecule has 1 aliphatic rings. The number of non-ortho nitro benzene ring substituents is 1. The zero-order valence-electron chi connectivity index (χ0n) is 19.4. The van der Waals surface area contributed by atoms with Crippen molar-refractivity contribution in [2.75, 3.05) is 19.6 Å². The molecule has 0 saturated carbocycles. The van der Waals surface area contributed by atoms with Crippen LogP contribution < -0.4 is 0 Å². The number of carbonyl (C=O) groups is 2. The van der Waals surface area contributed by atoms with Crippen molar-refractivity contribution in [1.82, 2.24) is 14.4 Å². The zero-order valence-corrected chi connectivity index (χ0v) is 19.4. The largest absolute Gasteiger partial charge is 0.348 e. The average molecular weight is 461 g/mol. The van der Waals surface area contributed by atoms with E-state index in [0.29, 0.717) is 26.1 Å². The summed E-state index contributed by atoms with van der Waals surface area (Å²) in [6.07, 6.45) is 2.69. The van der Waals surface area contributed by atoms with E-state index in [9.17, 15) is 19.7 Å². The van der Waals surface area contributed by atoms with E-state index in [4.69, 9.17) is 0 Å². The van der Waals surface area contributed by atoms with E-state index in [0.717, 1.165) is 16.8 Å². The number of amides is 2. The maximum Gasteiger partial charge on any atom is 0.270 e. The minimum Gasteiger partial charge on any atom is -0.348 e. The molecule has 3 aromatic rings. The van der Waals surface area contributed by atoms with E-state index in [1.807, 2.05) is 61.3 Å². The van der Waals surface area contributed by atoms with Gasteiger partial charge in [-0.25, -0.2) is 0 Å². The van der Waals surface area contributed by atoms with Crippen LogP contribution in [0.4, 0.5) is 5.69 Å². The van der Waals surface area contributed by atoms with Crippen LogP contribution in [-0.4, -0.2) is 50.7 Å². The van der Waals surface area contributed by atoms with E-state index < -0.39 is 4.92 Å². The van der Waals surface area contributed by atoms with Gasteiger partial charge in [-0.3, -0.25) is 19.7 Å². The van der Waals surface area contributed by atoms with Crippen molar-refractivity contribution in [3.05, 3.63) is 99.4 Å². The Bertz CT molecular complexity index is 1200. The molecule has 4 rings (SSSR count). The number of aryl methyl sites for hydroxylation is 1. The first-order chi connectivity index (χ1) is 16.4. The highest BCUT2D eigenvalue weighted by Gasteiger charge is 2.33. The Labute approximate surface area is 198 Å². The molecule has 1 aromatic heterocycles. The minimum absolute atomic E-state index is 0.0849. The van der Waals surface area contributed by atoms with Crippen LogP contribution in [0.3, 0.4) is 0 Å². The highest BCUT2D eigenvalue weighted by atomic mass is 16.6. The first-order valence-corrected chi connectivity index (χ1v) is 11.4. The van der Waals surface area contributed by atoms with Crippen molar-refractivity contribution < 1.29 is 14.5 Å². The number of carbonyl (C=O) groups excluding carboxylic acids is 2. The molecule has 176 valence electrons. The highest BCUT2D eigenvalue weighted by Crippen LogP contribution is 2.32. The summed E-state index contributed by atoms with van der Waals surface area (Å²) in [4.78, 5) is 40.7. The van der Waals surface area contributed by atoms with Gasteiger partial charge in [0.2, 0.25) is 5.91 Å². The molecule has 0 N–H and O–H groups in total. The lowest BCUT2D eigenvalue weighted by Crippen LogP contribution is -2.48. The van der Waals surface area contributed by atoms with Gasteiger partial charge in [0.1, 0.15) is 6.54 Å². The van der Waals surface area contributed by atoms with Crippen LogP contribution in [0.25, 0.3) is 0 Å². The predicted octanol–water partition coefficient (Wildman–Crippen LogP) is 4.19. The van der Waals surface area contributed by atoms with Crippen LogP contribution >= 0.6 is 0 Å². The molecule has 2 heterocycles. The summed E-state index contributed by atoms with van der Waals surface area (Å²) in [6, 6.07) is 17.6. The van der Waals surface area contributed by atoms with Crippen LogP contribution in [0.15, 0.2) is 66.9 Å². The lowest BCUT2D eigenvalue weighted by Gasteiger charge is -2.38. The summed E-state index contributed by atoms with van der Waals surface area (Å²) < 4.78 is 2.16. The van der Waals surface area contributed by atoms with Crippen LogP contribution in [0, 0.1) is 17.0 Å². The Kier molecular flexibility index (Phi) is 6.77. The smallest absolute Gasteiger partial charge is 0.270 e. The fourth-order valence-corrected chi connectivity index (χ4v) is 4.46. The van der Waals surface area contributed by atoms with Crippen LogP contribution in [0.2, 0.25) is 0 Å². The van der Waals surface area contributed by atoms with Crippen molar-refractivity contribution in [2.45, 2.75) is 32.9 Å². The molecule has 8 nitrogen and oxygen atoms in total. The second kappa shape index (κ2) is 9.91. The van der Waals surface area contributed by atoms with Gasteiger partial charge < -0.3 is 14.4 Å². The molecule has 1 aliphatic heterocycles. The quantitative estimate of drug-likeness (QED) is 0.391. The van der Waals surface area contributed by atoms with Gasteiger partial charge in [-0.1, -0.05) is 42.8 Å². The molecular weight excluding hydrogens is 432 g/mol. The first kappa shape index (κ1) is 23.2. The third kappa shape index (κ3) is 4.71. The molecule has 8 heteroatoms. The molecule has 0 radical (unpaired) electrons. The predicted molar refractivity (Wildman–Crippen MR) is 128 cm³/mol. The van der Waals surface area contributed by atoms with Gasteiger partial charge in [0.25, 0.3) is 11.6 Å². The minimum atomic E-state index is -0.527. The number of hydrogen-bond donors (Lipinski definition) is 0. The van der Waals surface area contributed by atoms with Gasteiger partial charge in [0.15, 0.2) is 0 Å². The summed E-state index contributed by atoms with van der Waals surface area (Å²) in [5.41, 5.74) is 3.26. The molecular formula is C26H28N4O4. The number of rotatable bonds is 7. The molecule has 34 heavy (non-hydrogen) atoms. The molecule has 0 fully saturated rings. The molecule has 1 atom stereocenters. The molecule has 0 spiro atoms. The van der Waals surface area contributed by atoms with Crippen LogP contribution in [-0.2, 0) is 11.3 Å². The maximum absolute atomic E-state index is 13.6. The topological polar surface area (TPSA) is 88.7 Å². The van der Waals surface area contributed by atoms with Gasteiger partial charge in [0, 0.05) is 49.2 Å². The summed E-state index contributed by atoms with van der Waals surface area (Å²) in [6.45, 7) is 5.47. The third-order valence-corrected chi connectivity index (χ3v) is 6.16. The number of nitro benzene ring substituents is 1. The number of aromatic nitrogens is 1. The first-order valence-electron chi connectivity index (χ1n) is 11.4. The van der Waals surface area contributed by atoms with E-state index in [1.54, 1.807) is 6.07 Å². The Hall–Kier alpha value is -3.94.